The van der Waals surface area contributed by atoms with E-state index in [1.807, 2.05) is 31.2 Å². The Balaban J connectivity index is 1.87. The molecular formula is C27H29NO5. The molecule has 1 amide bonds. The fourth-order valence-corrected chi connectivity index (χ4v) is 3.79. The lowest BCUT2D eigenvalue weighted by atomic mass is 10.1. The third-order valence-electron chi connectivity index (χ3n) is 5.57. The van der Waals surface area contributed by atoms with E-state index >= 15 is 0 Å². The van der Waals surface area contributed by atoms with Crippen LogP contribution in [0.3, 0.4) is 0 Å². The van der Waals surface area contributed by atoms with Gasteiger partial charge in [-0.1, -0.05) is 42.5 Å². The summed E-state index contributed by atoms with van der Waals surface area (Å²) < 4.78 is 10.9. The highest BCUT2D eigenvalue weighted by molar-refractivity contribution is 5.95. The zero-order chi connectivity index (χ0) is 23.8. The van der Waals surface area contributed by atoms with Crippen LogP contribution < -0.4 is 9.47 Å². The van der Waals surface area contributed by atoms with Crippen LogP contribution in [0.25, 0.3) is 0 Å². The van der Waals surface area contributed by atoms with Crippen molar-refractivity contribution in [3.05, 3.63) is 94.5 Å². The van der Waals surface area contributed by atoms with E-state index in [0.29, 0.717) is 30.2 Å². The zero-order valence-electron chi connectivity index (χ0n) is 19.2. The zero-order valence-corrected chi connectivity index (χ0v) is 19.2. The number of hydrogen-bond donors (Lipinski definition) is 1. The van der Waals surface area contributed by atoms with E-state index in [1.165, 1.54) is 5.56 Å². The van der Waals surface area contributed by atoms with Crippen LogP contribution in [0.5, 0.6) is 11.5 Å². The molecule has 0 spiro atoms. The average molecular weight is 448 g/mol. The predicted octanol–water partition coefficient (Wildman–Crippen LogP) is 4.99. The van der Waals surface area contributed by atoms with Gasteiger partial charge in [0.1, 0.15) is 11.5 Å². The fourth-order valence-electron chi connectivity index (χ4n) is 3.79. The molecule has 0 bridgehead atoms. The molecule has 0 heterocycles. The van der Waals surface area contributed by atoms with Crippen molar-refractivity contribution in [3.63, 3.8) is 0 Å². The van der Waals surface area contributed by atoms with Crippen molar-refractivity contribution in [1.82, 2.24) is 4.90 Å². The number of hydrogen-bond acceptors (Lipinski definition) is 4. The molecule has 3 aromatic rings. The number of carboxylic acids is 1. The van der Waals surface area contributed by atoms with Crippen LogP contribution in [0.4, 0.5) is 0 Å². The van der Waals surface area contributed by atoms with Gasteiger partial charge in [-0.05, 0) is 55.2 Å². The fraction of sp³-hybridized carbons (Fsp3) is 0.259. The molecule has 6 nitrogen and oxygen atoms in total. The van der Waals surface area contributed by atoms with E-state index in [0.717, 1.165) is 24.0 Å². The van der Waals surface area contributed by atoms with Gasteiger partial charge in [0.25, 0.3) is 5.91 Å². The van der Waals surface area contributed by atoms with E-state index in [1.54, 1.807) is 49.5 Å². The number of rotatable bonds is 10. The number of aromatic carboxylic acids is 1. The maximum absolute atomic E-state index is 13.6. The van der Waals surface area contributed by atoms with Crippen LogP contribution in [0.15, 0.2) is 66.7 Å². The molecule has 33 heavy (non-hydrogen) atoms. The molecule has 0 aliphatic heterocycles. The number of ether oxygens (including phenoxy) is 2. The highest BCUT2D eigenvalue weighted by atomic mass is 16.5. The van der Waals surface area contributed by atoms with Crippen LogP contribution >= 0.6 is 0 Å². The lowest BCUT2D eigenvalue weighted by molar-refractivity contribution is 0.0696. The Morgan fingerprint density at radius 2 is 1.48 bits per heavy atom. The van der Waals surface area contributed by atoms with Crippen molar-refractivity contribution in [2.24, 2.45) is 0 Å². The molecule has 6 heteroatoms. The van der Waals surface area contributed by atoms with Crippen molar-refractivity contribution in [1.29, 1.82) is 0 Å². The number of benzene rings is 3. The normalized spacial score (nSPS) is 10.5. The van der Waals surface area contributed by atoms with Crippen molar-refractivity contribution in [3.8, 4) is 11.5 Å². The third kappa shape index (κ3) is 6.13. The van der Waals surface area contributed by atoms with Gasteiger partial charge in [-0.2, -0.15) is 0 Å². The number of methoxy groups -OCH3 is 2. The molecule has 172 valence electrons. The Hall–Kier alpha value is -3.80. The molecule has 0 saturated heterocycles. The van der Waals surface area contributed by atoms with Gasteiger partial charge in [-0.25, -0.2) is 4.79 Å². The largest absolute Gasteiger partial charge is 0.496 e. The van der Waals surface area contributed by atoms with E-state index in [9.17, 15) is 14.7 Å². The summed E-state index contributed by atoms with van der Waals surface area (Å²) in [5, 5.41) is 9.33. The standard InChI is InChI=1S/C27H29NO5/c1-19-24(32-2)16-23(17-25(19)33-3)26(29)28(14-8-12-20-9-5-4-6-10-20)18-21-11-7-13-22(15-21)27(30)31/h4-7,9-11,13,15-17H,8,12,14,18H2,1-3H3,(H,30,31). The van der Waals surface area contributed by atoms with E-state index in [4.69, 9.17) is 9.47 Å². The summed E-state index contributed by atoms with van der Waals surface area (Å²) in [6.07, 6.45) is 1.61. The molecular weight excluding hydrogens is 418 g/mol. The summed E-state index contributed by atoms with van der Waals surface area (Å²) in [5.74, 6) is -0.00294. The van der Waals surface area contributed by atoms with Gasteiger partial charge in [0, 0.05) is 24.2 Å². The van der Waals surface area contributed by atoms with Gasteiger partial charge >= 0.3 is 5.97 Å². The molecule has 0 radical (unpaired) electrons. The minimum absolute atomic E-state index is 0.166. The molecule has 0 aliphatic carbocycles. The second kappa shape index (κ2) is 11.2. The van der Waals surface area contributed by atoms with Gasteiger partial charge < -0.3 is 19.5 Å². The summed E-state index contributed by atoms with van der Waals surface area (Å²) in [6.45, 7) is 2.69. The van der Waals surface area contributed by atoms with Gasteiger partial charge in [0.05, 0.1) is 19.8 Å². The molecule has 0 atom stereocenters. The maximum atomic E-state index is 13.6. The van der Waals surface area contributed by atoms with Gasteiger partial charge in [-0.3, -0.25) is 4.79 Å². The number of carboxylic acid groups (broad SMARTS) is 1. The first-order chi connectivity index (χ1) is 15.9. The van der Waals surface area contributed by atoms with E-state index in [-0.39, 0.29) is 11.5 Å². The number of carbonyl (C=O) groups is 2. The Morgan fingerprint density at radius 3 is 2.09 bits per heavy atom. The van der Waals surface area contributed by atoms with Crippen LogP contribution in [-0.2, 0) is 13.0 Å². The van der Waals surface area contributed by atoms with Crippen LogP contribution in [0, 0.1) is 6.92 Å². The van der Waals surface area contributed by atoms with Crippen molar-refractivity contribution in [2.45, 2.75) is 26.3 Å². The SMILES string of the molecule is COc1cc(C(=O)N(CCCc2ccccc2)Cc2cccc(C(=O)O)c2)cc(OC)c1C. The van der Waals surface area contributed by atoms with Crippen molar-refractivity contribution >= 4 is 11.9 Å². The first kappa shape index (κ1) is 23.9. The lowest BCUT2D eigenvalue weighted by Crippen LogP contribution is -2.32. The summed E-state index contributed by atoms with van der Waals surface area (Å²) in [6, 6.07) is 20.2. The Kier molecular flexibility index (Phi) is 8.08. The number of amides is 1. The summed E-state index contributed by atoms with van der Waals surface area (Å²) in [7, 11) is 3.12. The summed E-state index contributed by atoms with van der Waals surface area (Å²) in [4.78, 5) is 26.7. The quantitative estimate of drug-likeness (QED) is 0.474. The predicted molar refractivity (Wildman–Crippen MR) is 127 cm³/mol. The molecule has 3 aromatic carbocycles. The summed E-state index contributed by atoms with van der Waals surface area (Å²) >= 11 is 0. The van der Waals surface area contributed by atoms with Crippen LogP contribution in [0.2, 0.25) is 0 Å². The molecule has 3 rings (SSSR count). The minimum atomic E-state index is -0.994. The molecule has 0 aliphatic rings. The monoisotopic (exact) mass is 447 g/mol. The van der Waals surface area contributed by atoms with Gasteiger partial charge in [0.15, 0.2) is 0 Å². The molecule has 0 fully saturated rings. The molecule has 0 saturated carbocycles. The van der Waals surface area contributed by atoms with Gasteiger partial charge in [0.2, 0.25) is 0 Å². The average Bonchev–Trinajstić information content (AvgIpc) is 2.84. The smallest absolute Gasteiger partial charge is 0.335 e. The van der Waals surface area contributed by atoms with E-state index < -0.39 is 5.97 Å². The maximum Gasteiger partial charge on any atom is 0.335 e. The minimum Gasteiger partial charge on any atom is -0.496 e. The second-order valence-electron chi connectivity index (χ2n) is 7.83. The topological polar surface area (TPSA) is 76.1 Å². The lowest BCUT2D eigenvalue weighted by Gasteiger charge is -2.24. The summed E-state index contributed by atoms with van der Waals surface area (Å²) in [5.41, 5.74) is 3.44. The number of carbonyl (C=O) groups excluding carboxylic acids is 1. The van der Waals surface area contributed by atoms with E-state index in [2.05, 4.69) is 12.1 Å². The number of nitrogens with zero attached hydrogens (tertiary/aromatic N) is 1. The Bertz CT molecular complexity index is 1090. The van der Waals surface area contributed by atoms with Crippen LogP contribution in [0.1, 0.15) is 43.8 Å². The molecule has 0 unspecified atom stereocenters. The molecule has 1 N–H and O–H groups in total. The second-order valence-corrected chi connectivity index (χ2v) is 7.83. The number of aryl methyl sites for hydroxylation is 1. The highest BCUT2D eigenvalue weighted by Gasteiger charge is 2.20. The highest BCUT2D eigenvalue weighted by Crippen LogP contribution is 2.30. The first-order valence-electron chi connectivity index (χ1n) is 10.8. The van der Waals surface area contributed by atoms with Crippen LogP contribution in [-0.4, -0.2) is 42.6 Å². The Labute approximate surface area is 194 Å². The Morgan fingerprint density at radius 1 is 0.848 bits per heavy atom. The van der Waals surface area contributed by atoms with Crippen molar-refractivity contribution in [2.75, 3.05) is 20.8 Å². The third-order valence-corrected chi connectivity index (χ3v) is 5.57. The van der Waals surface area contributed by atoms with Crippen molar-refractivity contribution < 1.29 is 24.2 Å². The van der Waals surface area contributed by atoms with Gasteiger partial charge in [-0.15, -0.1) is 0 Å². The molecule has 0 aromatic heterocycles. The first-order valence-corrected chi connectivity index (χ1v) is 10.8.